The molecule has 0 heterocycles. The summed E-state index contributed by atoms with van der Waals surface area (Å²) in [6.45, 7) is 10.5. The summed E-state index contributed by atoms with van der Waals surface area (Å²) in [6.07, 6.45) is 15.5. The summed E-state index contributed by atoms with van der Waals surface area (Å²) in [5, 5.41) is 0. The van der Waals surface area contributed by atoms with E-state index in [0.29, 0.717) is 0 Å². The lowest BCUT2D eigenvalue weighted by Gasteiger charge is -2.17. The van der Waals surface area contributed by atoms with E-state index in [9.17, 15) is 0 Å². The molecule has 0 saturated heterocycles. The van der Waals surface area contributed by atoms with E-state index in [1.165, 1.54) is 90.3 Å². The van der Waals surface area contributed by atoms with Gasteiger partial charge in [-0.1, -0.05) is 89.0 Å². The SMILES string of the molecule is CCCCCCCCCCCCc1ccccc1C[NH+](CC)CC.[Cl-]. The van der Waals surface area contributed by atoms with Crippen molar-refractivity contribution in [1.82, 2.24) is 0 Å². The number of rotatable bonds is 15. The van der Waals surface area contributed by atoms with Gasteiger partial charge < -0.3 is 17.3 Å². The summed E-state index contributed by atoms with van der Waals surface area (Å²) in [5.74, 6) is 0. The van der Waals surface area contributed by atoms with Crippen LogP contribution in [0.1, 0.15) is 96.1 Å². The van der Waals surface area contributed by atoms with Gasteiger partial charge in [-0.05, 0) is 32.3 Å². The van der Waals surface area contributed by atoms with Crippen LogP contribution in [0.25, 0.3) is 0 Å². The molecule has 1 N–H and O–H groups in total. The number of unbranched alkanes of at least 4 members (excludes halogenated alkanes) is 9. The predicted octanol–water partition coefficient (Wildman–Crippen LogP) is 2.58. The summed E-state index contributed by atoms with van der Waals surface area (Å²) in [5.41, 5.74) is 3.17. The standard InChI is InChI=1S/C23H41N.ClH/c1-4-7-8-9-10-11-12-13-14-15-18-22-19-16-17-20-23(22)21-24(5-2)6-3;/h16-17,19-20H,4-15,18,21H2,1-3H3;1H. The highest BCUT2D eigenvalue weighted by molar-refractivity contribution is 5.26. The molecule has 1 rings (SSSR count). The van der Waals surface area contributed by atoms with Gasteiger partial charge in [-0.2, -0.15) is 0 Å². The van der Waals surface area contributed by atoms with Gasteiger partial charge in [0.1, 0.15) is 6.54 Å². The normalized spacial score (nSPS) is 10.9. The first kappa shape index (κ1) is 24.5. The van der Waals surface area contributed by atoms with Crippen LogP contribution >= 0.6 is 0 Å². The number of hydrogen-bond acceptors (Lipinski definition) is 0. The Bertz CT molecular complexity index is 401. The van der Waals surface area contributed by atoms with Gasteiger partial charge in [0.2, 0.25) is 0 Å². The zero-order valence-electron chi connectivity index (χ0n) is 17.1. The highest BCUT2D eigenvalue weighted by Gasteiger charge is 2.08. The van der Waals surface area contributed by atoms with Crippen LogP contribution < -0.4 is 17.3 Å². The molecule has 0 aliphatic rings. The number of halogens is 1. The van der Waals surface area contributed by atoms with Crippen LogP contribution in [-0.2, 0) is 13.0 Å². The fourth-order valence-electron chi connectivity index (χ4n) is 3.55. The van der Waals surface area contributed by atoms with Gasteiger partial charge >= 0.3 is 0 Å². The van der Waals surface area contributed by atoms with Crippen molar-refractivity contribution in [2.24, 2.45) is 0 Å². The van der Waals surface area contributed by atoms with Gasteiger partial charge in [0.25, 0.3) is 0 Å². The van der Waals surface area contributed by atoms with Crippen molar-refractivity contribution in [3.05, 3.63) is 35.4 Å². The Morgan fingerprint density at radius 3 is 1.64 bits per heavy atom. The molecule has 0 unspecified atom stereocenters. The van der Waals surface area contributed by atoms with Gasteiger partial charge in [-0.15, -0.1) is 0 Å². The summed E-state index contributed by atoms with van der Waals surface area (Å²) >= 11 is 0. The van der Waals surface area contributed by atoms with Crippen LogP contribution in [0.3, 0.4) is 0 Å². The quantitative estimate of drug-likeness (QED) is 0.454. The minimum absolute atomic E-state index is 0. The minimum atomic E-state index is 0. The van der Waals surface area contributed by atoms with E-state index >= 15 is 0 Å². The van der Waals surface area contributed by atoms with Crippen molar-refractivity contribution < 1.29 is 17.3 Å². The average molecular weight is 368 g/mol. The lowest BCUT2D eigenvalue weighted by atomic mass is 9.99. The average Bonchev–Trinajstić information content (AvgIpc) is 2.62. The molecule has 0 amide bonds. The molecule has 0 atom stereocenters. The number of aryl methyl sites for hydroxylation is 1. The lowest BCUT2D eigenvalue weighted by molar-refractivity contribution is -0.910. The Balaban J connectivity index is 0.00000576. The van der Waals surface area contributed by atoms with E-state index in [2.05, 4.69) is 45.0 Å². The Kier molecular flexibility index (Phi) is 16.6. The molecular weight excluding hydrogens is 326 g/mol. The molecule has 0 fully saturated rings. The zero-order valence-corrected chi connectivity index (χ0v) is 17.8. The maximum atomic E-state index is 2.35. The molecule has 1 aromatic rings. The number of hydrogen-bond donors (Lipinski definition) is 1. The van der Waals surface area contributed by atoms with Gasteiger partial charge in [-0.25, -0.2) is 0 Å². The molecule has 1 nitrogen and oxygen atoms in total. The molecule has 0 aliphatic carbocycles. The number of quaternary nitrogens is 1. The van der Waals surface area contributed by atoms with Crippen LogP contribution in [0.2, 0.25) is 0 Å². The lowest BCUT2D eigenvalue weighted by Crippen LogP contribution is -3.10. The van der Waals surface area contributed by atoms with Crippen molar-refractivity contribution in [1.29, 1.82) is 0 Å². The monoisotopic (exact) mass is 367 g/mol. The fourth-order valence-corrected chi connectivity index (χ4v) is 3.55. The summed E-state index contributed by atoms with van der Waals surface area (Å²) in [4.78, 5) is 1.69. The van der Waals surface area contributed by atoms with Crippen molar-refractivity contribution in [2.75, 3.05) is 13.1 Å². The summed E-state index contributed by atoms with van der Waals surface area (Å²) in [6, 6.07) is 9.12. The predicted molar refractivity (Wildman–Crippen MR) is 108 cm³/mol. The highest BCUT2D eigenvalue weighted by atomic mass is 35.5. The molecular formula is C23H42ClN. The molecule has 0 bridgehead atoms. The maximum Gasteiger partial charge on any atom is 0.103 e. The largest absolute Gasteiger partial charge is 1.00 e. The van der Waals surface area contributed by atoms with Gasteiger partial charge in [0.05, 0.1) is 13.1 Å². The topological polar surface area (TPSA) is 4.44 Å². The van der Waals surface area contributed by atoms with E-state index in [1.54, 1.807) is 16.0 Å². The van der Waals surface area contributed by atoms with Crippen LogP contribution in [0.5, 0.6) is 0 Å². The smallest absolute Gasteiger partial charge is 0.103 e. The zero-order chi connectivity index (χ0) is 17.5. The summed E-state index contributed by atoms with van der Waals surface area (Å²) < 4.78 is 0. The van der Waals surface area contributed by atoms with Crippen molar-refractivity contribution >= 4 is 0 Å². The van der Waals surface area contributed by atoms with Crippen LogP contribution in [-0.4, -0.2) is 13.1 Å². The Labute approximate surface area is 164 Å². The summed E-state index contributed by atoms with van der Waals surface area (Å²) in [7, 11) is 0. The fraction of sp³-hybridized carbons (Fsp3) is 0.739. The first-order valence-corrected chi connectivity index (χ1v) is 10.7. The van der Waals surface area contributed by atoms with E-state index < -0.39 is 0 Å². The molecule has 0 spiro atoms. The third-order valence-corrected chi connectivity index (χ3v) is 5.36. The van der Waals surface area contributed by atoms with Crippen molar-refractivity contribution in [3.8, 4) is 0 Å². The Hall–Kier alpha value is -0.530. The van der Waals surface area contributed by atoms with Crippen LogP contribution in [0.4, 0.5) is 0 Å². The molecule has 1 aromatic carbocycles. The second-order valence-corrected chi connectivity index (χ2v) is 7.33. The highest BCUT2D eigenvalue weighted by Crippen LogP contribution is 2.14. The molecule has 146 valence electrons. The number of benzene rings is 1. The first-order valence-electron chi connectivity index (χ1n) is 10.7. The molecule has 25 heavy (non-hydrogen) atoms. The van der Waals surface area contributed by atoms with E-state index in [-0.39, 0.29) is 12.4 Å². The van der Waals surface area contributed by atoms with Gasteiger partial charge in [-0.3, -0.25) is 0 Å². The first-order chi connectivity index (χ1) is 11.8. The van der Waals surface area contributed by atoms with Crippen molar-refractivity contribution in [2.45, 2.75) is 97.9 Å². The molecule has 0 radical (unpaired) electrons. The van der Waals surface area contributed by atoms with Gasteiger partial charge in [0, 0.05) is 5.56 Å². The van der Waals surface area contributed by atoms with Crippen LogP contribution in [0, 0.1) is 0 Å². The molecule has 0 aliphatic heterocycles. The third-order valence-electron chi connectivity index (χ3n) is 5.36. The van der Waals surface area contributed by atoms with Crippen LogP contribution in [0.15, 0.2) is 24.3 Å². The van der Waals surface area contributed by atoms with Crippen molar-refractivity contribution in [3.63, 3.8) is 0 Å². The van der Waals surface area contributed by atoms with E-state index in [4.69, 9.17) is 0 Å². The Morgan fingerprint density at radius 1 is 0.640 bits per heavy atom. The van der Waals surface area contributed by atoms with E-state index in [0.717, 1.165) is 0 Å². The Morgan fingerprint density at radius 2 is 1.12 bits per heavy atom. The van der Waals surface area contributed by atoms with E-state index in [1.807, 2.05) is 0 Å². The second kappa shape index (κ2) is 16.9. The molecule has 2 heteroatoms. The third kappa shape index (κ3) is 11.7. The minimum Gasteiger partial charge on any atom is -1.00 e. The molecule has 0 aromatic heterocycles. The maximum absolute atomic E-state index is 2.35. The van der Waals surface area contributed by atoms with Gasteiger partial charge in [0.15, 0.2) is 0 Å². The second-order valence-electron chi connectivity index (χ2n) is 7.33. The molecule has 0 saturated carbocycles. The number of nitrogens with one attached hydrogen (secondary N) is 1.